The lowest BCUT2D eigenvalue weighted by Crippen LogP contribution is -2.36. The molecule has 3 rings (SSSR count). The smallest absolute Gasteiger partial charge is 0.313 e. The topological polar surface area (TPSA) is 114 Å². The number of nitrogens with zero attached hydrogens (tertiary/aromatic N) is 1. The molecule has 8 nitrogen and oxygen atoms in total. The number of nitrogens with one attached hydrogen (secondary N) is 2. The molecule has 0 radical (unpaired) electrons. The lowest BCUT2D eigenvalue weighted by molar-refractivity contribution is -0.136. The van der Waals surface area contributed by atoms with Gasteiger partial charge in [0.25, 0.3) is 10.0 Å². The first-order chi connectivity index (χ1) is 14.0. The highest BCUT2D eigenvalue weighted by molar-refractivity contribution is 7.90. The van der Waals surface area contributed by atoms with Crippen LogP contribution in [0.4, 0.5) is 5.69 Å². The fourth-order valence-electron chi connectivity index (χ4n) is 2.41. The van der Waals surface area contributed by atoms with Crippen molar-refractivity contribution in [1.82, 2.24) is 5.32 Å². The summed E-state index contributed by atoms with van der Waals surface area (Å²) in [6, 6.07) is 15.0. The van der Waals surface area contributed by atoms with Gasteiger partial charge in [-0.05, 0) is 30.7 Å². The lowest BCUT2D eigenvalue weighted by atomic mass is 10.2. The van der Waals surface area contributed by atoms with E-state index in [1.165, 1.54) is 6.07 Å². The number of hydrogen-bond donors (Lipinski definition) is 2. The molecule has 0 aliphatic carbocycles. The predicted molar refractivity (Wildman–Crippen MR) is 110 cm³/mol. The van der Waals surface area contributed by atoms with Gasteiger partial charge in [-0.15, -0.1) is 4.40 Å². The Morgan fingerprint density at radius 1 is 0.966 bits per heavy atom. The lowest BCUT2D eigenvalue weighted by Gasteiger charge is -2.08. The second-order valence-corrected chi connectivity index (χ2v) is 7.22. The summed E-state index contributed by atoms with van der Waals surface area (Å²) in [5, 5.41) is 4.95. The highest BCUT2D eigenvalue weighted by atomic mass is 32.2. The van der Waals surface area contributed by atoms with Crippen LogP contribution in [0.3, 0.4) is 0 Å². The van der Waals surface area contributed by atoms with Crippen LogP contribution >= 0.6 is 0 Å². The summed E-state index contributed by atoms with van der Waals surface area (Å²) in [7, 11) is -3.71. The first kappa shape index (κ1) is 22.1. The van der Waals surface area contributed by atoms with Crippen LogP contribution in [0.2, 0.25) is 0 Å². The average molecular weight is 417 g/mol. The minimum Gasteiger partial charge on any atom is -0.477 e. The Kier molecular flexibility index (Phi) is 7.90. The van der Waals surface area contributed by atoms with E-state index in [1.807, 2.05) is 13.8 Å². The summed E-state index contributed by atoms with van der Waals surface area (Å²) >= 11 is 0. The monoisotopic (exact) mass is 417 g/mol. The van der Waals surface area contributed by atoms with E-state index in [9.17, 15) is 18.0 Å². The SMILES string of the molecule is CC.O=C(NCCCOC1=NS(=O)(=O)c2ccccc21)C(=O)Nc1ccccc1. The normalized spacial score (nSPS) is 13.2. The van der Waals surface area contributed by atoms with Crippen molar-refractivity contribution in [3.8, 4) is 0 Å². The van der Waals surface area contributed by atoms with Gasteiger partial charge in [-0.25, -0.2) is 0 Å². The minimum absolute atomic E-state index is 0.0405. The molecular weight excluding hydrogens is 394 g/mol. The second kappa shape index (κ2) is 10.4. The Bertz CT molecular complexity index is 988. The molecule has 29 heavy (non-hydrogen) atoms. The van der Waals surface area contributed by atoms with Crippen LogP contribution in [0.1, 0.15) is 25.8 Å². The van der Waals surface area contributed by atoms with E-state index < -0.39 is 21.8 Å². The summed E-state index contributed by atoms with van der Waals surface area (Å²) in [6.45, 7) is 4.34. The highest BCUT2D eigenvalue weighted by Gasteiger charge is 2.29. The molecule has 1 aliphatic rings. The van der Waals surface area contributed by atoms with Crippen molar-refractivity contribution in [2.45, 2.75) is 25.2 Å². The van der Waals surface area contributed by atoms with Crippen LogP contribution in [0.25, 0.3) is 0 Å². The molecular formula is C20H23N3O5S. The summed E-state index contributed by atoms with van der Waals surface area (Å²) in [6.07, 6.45) is 0.381. The second-order valence-electron chi connectivity index (χ2n) is 5.65. The van der Waals surface area contributed by atoms with Crippen molar-refractivity contribution < 1.29 is 22.7 Å². The Morgan fingerprint density at radius 3 is 2.34 bits per heavy atom. The molecule has 0 bridgehead atoms. The van der Waals surface area contributed by atoms with Gasteiger partial charge in [-0.1, -0.05) is 44.2 Å². The number of rotatable bonds is 5. The van der Waals surface area contributed by atoms with E-state index in [0.717, 1.165) is 0 Å². The van der Waals surface area contributed by atoms with Crippen molar-refractivity contribution in [3.63, 3.8) is 0 Å². The van der Waals surface area contributed by atoms with Gasteiger partial charge in [0, 0.05) is 12.2 Å². The molecule has 0 atom stereocenters. The maximum atomic E-state index is 11.9. The Hall–Kier alpha value is -3.20. The Morgan fingerprint density at radius 2 is 1.62 bits per heavy atom. The molecule has 2 aromatic rings. The summed E-state index contributed by atoms with van der Waals surface area (Å²) < 4.78 is 32.8. The van der Waals surface area contributed by atoms with Gasteiger partial charge < -0.3 is 15.4 Å². The van der Waals surface area contributed by atoms with Crippen LogP contribution in [0, 0.1) is 0 Å². The third kappa shape index (κ3) is 5.89. The first-order valence-electron chi connectivity index (χ1n) is 9.19. The van der Waals surface area contributed by atoms with Gasteiger partial charge in [0.1, 0.15) is 4.90 Å². The molecule has 154 valence electrons. The molecule has 2 aromatic carbocycles. The number of carbonyl (C=O) groups excluding carboxylic acids is 2. The number of para-hydroxylation sites is 1. The molecule has 0 fully saturated rings. The van der Waals surface area contributed by atoms with Gasteiger partial charge >= 0.3 is 11.8 Å². The number of anilines is 1. The third-order valence-corrected chi connectivity index (χ3v) is 5.00. The Labute approximate surface area is 170 Å². The van der Waals surface area contributed by atoms with Crippen molar-refractivity contribution in [2.24, 2.45) is 4.40 Å². The van der Waals surface area contributed by atoms with Crippen molar-refractivity contribution in [3.05, 3.63) is 60.2 Å². The van der Waals surface area contributed by atoms with Crippen LogP contribution in [0.5, 0.6) is 0 Å². The molecule has 0 saturated carbocycles. The van der Waals surface area contributed by atoms with E-state index >= 15 is 0 Å². The minimum atomic E-state index is -3.71. The molecule has 2 N–H and O–H groups in total. The van der Waals surface area contributed by atoms with Crippen LogP contribution in [0.15, 0.2) is 63.9 Å². The van der Waals surface area contributed by atoms with E-state index in [4.69, 9.17) is 4.74 Å². The van der Waals surface area contributed by atoms with Crippen molar-refractivity contribution >= 4 is 33.4 Å². The number of fused-ring (bicyclic) bond motifs is 1. The molecule has 0 saturated heterocycles. The maximum Gasteiger partial charge on any atom is 0.313 e. The molecule has 0 spiro atoms. The quantitative estimate of drug-likeness (QED) is 0.572. The number of ether oxygens (including phenoxy) is 1. The van der Waals surface area contributed by atoms with E-state index in [0.29, 0.717) is 17.7 Å². The predicted octanol–water partition coefficient (Wildman–Crippen LogP) is 2.32. The zero-order valence-electron chi connectivity index (χ0n) is 16.2. The van der Waals surface area contributed by atoms with Crippen LogP contribution in [-0.2, 0) is 24.3 Å². The standard InChI is InChI=1S/C18H17N3O5S.C2H6/c22-16(17(23)20-13-7-2-1-3-8-13)19-11-6-12-26-18-14-9-4-5-10-15(14)27(24,25)21-18;1-2/h1-5,7-10H,6,11-12H2,(H,19,22)(H,20,23);1-2H3. The van der Waals surface area contributed by atoms with E-state index in [-0.39, 0.29) is 23.9 Å². The number of amides is 2. The molecule has 1 heterocycles. The zero-order valence-corrected chi connectivity index (χ0v) is 17.0. The maximum absolute atomic E-state index is 11.9. The highest BCUT2D eigenvalue weighted by Crippen LogP contribution is 2.26. The number of carbonyl (C=O) groups is 2. The average Bonchev–Trinajstić information content (AvgIpc) is 3.00. The Balaban J connectivity index is 0.00000145. The molecule has 0 unspecified atom stereocenters. The summed E-state index contributed by atoms with van der Waals surface area (Å²) in [4.78, 5) is 23.6. The number of sulfonamides is 1. The van der Waals surface area contributed by atoms with Crippen molar-refractivity contribution in [1.29, 1.82) is 0 Å². The fourth-order valence-corrected chi connectivity index (χ4v) is 3.56. The van der Waals surface area contributed by atoms with Crippen LogP contribution in [-0.4, -0.2) is 39.3 Å². The third-order valence-electron chi connectivity index (χ3n) is 3.68. The van der Waals surface area contributed by atoms with Gasteiger partial charge in [0.05, 0.1) is 12.2 Å². The van der Waals surface area contributed by atoms with E-state index in [1.54, 1.807) is 48.5 Å². The molecule has 2 amide bonds. The van der Waals surface area contributed by atoms with Gasteiger partial charge in [0.15, 0.2) is 0 Å². The summed E-state index contributed by atoms with van der Waals surface area (Å²) in [5.41, 5.74) is 0.948. The molecule has 0 aromatic heterocycles. The van der Waals surface area contributed by atoms with Gasteiger partial charge in [-0.3, -0.25) is 9.59 Å². The fraction of sp³-hybridized carbons (Fsp3) is 0.250. The van der Waals surface area contributed by atoms with Crippen LogP contribution < -0.4 is 10.6 Å². The van der Waals surface area contributed by atoms with Gasteiger partial charge in [0.2, 0.25) is 5.90 Å². The molecule has 9 heteroatoms. The number of benzene rings is 2. The van der Waals surface area contributed by atoms with Gasteiger partial charge in [-0.2, -0.15) is 8.42 Å². The summed E-state index contributed by atoms with van der Waals surface area (Å²) in [5.74, 6) is -1.48. The largest absolute Gasteiger partial charge is 0.477 e. The van der Waals surface area contributed by atoms with Crippen molar-refractivity contribution in [2.75, 3.05) is 18.5 Å². The number of hydrogen-bond acceptors (Lipinski definition) is 5. The molecule has 1 aliphatic heterocycles. The first-order valence-corrected chi connectivity index (χ1v) is 10.6. The van der Waals surface area contributed by atoms with E-state index in [2.05, 4.69) is 15.0 Å². The zero-order chi connectivity index (χ0) is 21.3.